The zero-order valence-corrected chi connectivity index (χ0v) is 8.49. The molecule has 0 radical (unpaired) electrons. The lowest BCUT2D eigenvalue weighted by molar-refractivity contribution is 0.0536. The highest BCUT2D eigenvalue weighted by atomic mass is 16.5. The lowest BCUT2D eigenvalue weighted by atomic mass is 10.2. The molecular weight excluding hydrogens is 164 g/mol. The second-order valence-electron chi connectivity index (χ2n) is 3.80. The zero-order chi connectivity index (χ0) is 9.68. The van der Waals surface area contributed by atoms with Gasteiger partial charge in [-0.05, 0) is 20.3 Å². The van der Waals surface area contributed by atoms with Gasteiger partial charge in [-0.3, -0.25) is 4.90 Å². The molecule has 1 aliphatic rings. The lowest BCUT2D eigenvalue weighted by Crippen LogP contribution is -2.36. The van der Waals surface area contributed by atoms with Gasteiger partial charge in [-0.2, -0.15) is 5.26 Å². The van der Waals surface area contributed by atoms with E-state index in [4.69, 9.17) is 10.00 Å². The summed E-state index contributed by atoms with van der Waals surface area (Å²) in [4.78, 5) is 2.38. The molecule has 0 N–H and O–H groups in total. The summed E-state index contributed by atoms with van der Waals surface area (Å²) < 4.78 is 5.56. The van der Waals surface area contributed by atoms with Crippen LogP contribution < -0.4 is 0 Å². The van der Waals surface area contributed by atoms with Crippen LogP contribution in [0.4, 0.5) is 0 Å². The van der Waals surface area contributed by atoms with Crippen molar-refractivity contribution in [2.45, 2.75) is 38.8 Å². The summed E-state index contributed by atoms with van der Waals surface area (Å²) in [6.07, 6.45) is 1.72. The molecule has 3 nitrogen and oxygen atoms in total. The molecule has 0 aromatic heterocycles. The van der Waals surface area contributed by atoms with E-state index in [2.05, 4.69) is 24.8 Å². The summed E-state index contributed by atoms with van der Waals surface area (Å²) in [5, 5.41) is 8.59. The summed E-state index contributed by atoms with van der Waals surface area (Å²) in [5.74, 6) is 0. The van der Waals surface area contributed by atoms with Crippen LogP contribution in [0.5, 0.6) is 0 Å². The molecule has 1 atom stereocenters. The summed E-state index contributed by atoms with van der Waals surface area (Å²) in [7, 11) is 0. The molecule has 1 rings (SSSR count). The molecule has 0 saturated carbocycles. The Bertz CT molecular complexity index is 186. The number of hydrogen-bond acceptors (Lipinski definition) is 3. The maximum absolute atomic E-state index is 8.59. The largest absolute Gasteiger partial charge is 0.376 e. The molecule has 74 valence electrons. The van der Waals surface area contributed by atoms with Crippen molar-refractivity contribution in [3.63, 3.8) is 0 Å². The normalized spacial score (nSPS) is 25.5. The van der Waals surface area contributed by atoms with Crippen molar-refractivity contribution in [3.8, 4) is 6.07 Å². The first-order chi connectivity index (χ1) is 6.24. The minimum atomic E-state index is 0.120. The Hall–Kier alpha value is -0.590. The third-order valence-corrected chi connectivity index (χ3v) is 2.43. The van der Waals surface area contributed by atoms with E-state index in [0.29, 0.717) is 12.5 Å². The van der Waals surface area contributed by atoms with E-state index in [1.54, 1.807) is 0 Å². The first-order valence-corrected chi connectivity index (χ1v) is 4.96. The molecule has 0 unspecified atom stereocenters. The Balaban J connectivity index is 2.45. The quantitative estimate of drug-likeness (QED) is 0.647. The van der Waals surface area contributed by atoms with Crippen LogP contribution in [0.3, 0.4) is 0 Å². The molecule has 1 fully saturated rings. The van der Waals surface area contributed by atoms with Gasteiger partial charge >= 0.3 is 0 Å². The van der Waals surface area contributed by atoms with E-state index < -0.39 is 0 Å². The summed E-state index contributed by atoms with van der Waals surface area (Å²) in [6.45, 7) is 7.18. The van der Waals surface area contributed by atoms with Crippen molar-refractivity contribution in [1.29, 1.82) is 5.26 Å². The Morgan fingerprint density at radius 2 is 2.38 bits per heavy atom. The summed E-state index contributed by atoms with van der Waals surface area (Å²) in [6, 6.07) is 2.73. The van der Waals surface area contributed by atoms with E-state index in [0.717, 1.165) is 26.1 Å². The van der Waals surface area contributed by atoms with Crippen LogP contribution in [-0.4, -0.2) is 36.7 Å². The van der Waals surface area contributed by atoms with Crippen LogP contribution in [0.15, 0.2) is 0 Å². The molecule has 0 aromatic rings. The van der Waals surface area contributed by atoms with Gasteiger partial charge < -0.3 is 4.74 Å². The van der Waals surface area contributed by atoms with Crippen molar-refractivity contribution in [2.24, 2.45) is 0 Å². The Labute approximate surface area is 80.3 Å². The number of rotatable bonds is 2. The van der Waals surface area contributed by atoms with Gasteiger partial charge in [0.15, 0.2) is 0 Å². The average Bonchev–Trinajstić information content (AvgIpc) is 2.30. The standard InChI is InChI=1S/C10H18N2O/c1-9(2)12-6-3-7-13-10(8-12)4-5-11/h9-10H,3-4,6-8H2,1-2H3/t10-/m1/s1. The highest BCUT2D eigenvalue weighted by Gasteiger charge is 2.19. The molecule has 1 saturated heterocycles. The minimum absolute atomic E-state index is 0.120. The van der Waals surface area contributed by atoms with Gasteiger partial charge in [0.25, 0.3) is 0 Å². The molecule has 0 amide bonds. The zero-order valence-electron chi connectivity index (χ0n) is 8.49. The molecule has 0 aliphatic carbocycles. The van der Waals surface area contributed by atoms with Crippen LogP contribution in [0.25, 0.3) is 0 Å². The van der Waals surface area contributed by atoms with Crippen LogP contribution in [0, 0.1) is 11.3 Å². The van der Waals surface area contributed by atoms with Crippen molar-refractivity contribution >= 4 is 0 Å². The second kappa shape index (κ2) is 5.21. The molecule has 0 aromatic carbocycles. The van der Waals surface area contributed by atoms with Gasteiger partial charge in [0.1, 0.15) is 0 Å². The fourth-order valence-electron chi connectivity index (χ4n) is 1.62. The maximum Gasteiger partial charge on any atom is 0.0831 e. The van der Waals surface area contributed by atoms with Gasteiger partial charge in [0, 0.05) is 25.7 Å². The van der Waals surface area contributed by atoms with E-state index in [1.165, 1.54) is 0 Å². The lowest BCUT2D eigenvalue weighted by Gasteiger charge is -2.26. The van der Waals surface area contributed by atoms with Gasteiger partial charge in [0.2, 0.25) is 0 Å². The molecule has 0 spiro atoms. The van der Waals surface area contributed by atoms with Crippen LogP contribution in [-0.2, 0) is 4.74 Å². The second-order valence-corrected chi connectivity index (χ2v) is 3.80. The van der Waals surface area contributed by atoms with E-state index in [1.807, 2.05) is 0 Å². The topological polar surface area (TPSA) is 36.3 Å². The molecule has 3 heteroatoms. The SMILES string of the molecule is CC(C)N1CCCO[C@H](CC#N)C1. The van der Waals surface area contributed by atoms with Crippen molar-refractivity contribution < 1.29 is 4.74 Å². The Morgan fingerprint density at radius 3 is 3.00 bits per heavy atom. The third kappa shape index (κ3) is 3.33. The van der Waals surface area contributed by atoms with Crippen molar-refractivity contribution in [3.05, 3.63) is 0 Å². The third-order valence-electron chi connectivity index (χ3n) is 2.43. The van der Waals surface area contributed by atoms with Crippen molar-refractivity contribution in [2.75, 3.05) is 19.7 Å². The monoisotopic (exact) mass is 182 g/mol. The smallest absolute Gasteiger partial charge is 0.0831 e. The summed E-state index contributed by atoms with van der Waals surface area (Å²) >= 11 is 0. The van der Waals surface area contributed by atoms with Gasteiger partial charge in [-0.25, -0.2) is 0 Å². The number of nitriles is 1. The highest BCUT2D eigenvalue weighted by molar-refractivity contribution is 4.81. The van der Waals surface area contributed by atoms with Crippen LogP contribution in [0.2, 0.25) is 0 Å². The fourth-order valence-corrected chi connectivity index (χ4v) is 1.62. The van der Waals surface area contributed by atoms with Crippen LogP contribution >= 0.6 is 0 Å². The first kappa shape index (κ1) is 10.5. The van der Waals surface area contributed by atoms with Gasteiger partial charge in [-0.15, -0.1) is 0 Å². The number of nitrogens with zero attached hydrogens (tertiary/aromatic N) is 2. The van der Waals surface area contributed by atoms with Crippen molar-refractivity contribution in [1.82, 2.24) is 4.90 Å². The fraction of sp³-hybridized carbons (Fsp3) is 0.900. The number of hydrogen-bond donors (Lipinski definition) is 0. The molecule has 1 heterocycles. The average molecular weight is 182 g/mol. The van der Waals surface area contributed by atoms with Gasteiger partial charge in [0.05, 0.1) is 18.6 Å². The first-order valence-electron chi connectivity index (χ1n) is 4.96. The van der Waals surface area contributed by atoms with E-state index in [-0.39, 0.29) is 6.10 Å². The van der Waals surface area contributed by atoms with Gasteiger partial charge in [-0.1, -0.05) is 0 Å². The highest BCUT2D eigenvalue weighted by Crippen LogP contribution is 2.10. The number of ether oxygens (including phenoxy) is 1. The predicted octanol–water partition coefficient (Wildman–Crippen LogP) is 1.40. The van der Waals surface area contributed by atoms with Crippen LogP contribution in [0.1, 0.15) is 26.7 Å². The molecule has 1 aliphatic heterocycles. The summed E-state index contributed by atoms with van der Waals surface area (Å²) in [5.41, 5.74) is 0. The minimum Gasteiger partial charge on any atom is -0.376 e. The Kier molecular flexibility index (Phi) is 4.20. The molecule has 0 bridgehead atoms. The molecular formula is C10H18N2O. The molecule has 13 heavy (non-hydrogen) atoms. The van der Waals surface area contributed by atoms with E-state index in [9.17, 15) is 0 Å². The van der Waals surface area contributed by atoms with E-state index >= 15 is 0 Å². The Morgan fingerprint density at radius 1 is 1.62 bits per heavy atom. The predicted molar refractivity (Wildman–Crippen MR) is 51.3 cm³/mol. The maximum atomic E-state index is 8.59.